The zero-order valence-electron chi connectivity index (χ0n) is 10.8. The predicted octanol–water partition coefficient (Wildman–Crippen LogP) is 3.71. The first-order valence-corrected chi connectivity index (χ1v) is 7.53. The molecular formula is C13H17N3S2. The maximum Gasteiger partial charge on any atom is 0.131 e. The molecule has 3 nitrogen and oxygen atoms in total. The third kappa shape index (κ3) is 3.23. The van der Waals surface area contributed by atoms with Crippen molar-refractivity contribution in [3.05, 3.63) is 35.5 Å². The zero-order chi connectivity index (χ0) is 13.2. The summed E-state index contributed by atoms with van der Waals surface area (Å²) in [4.78, 5) is 1.23. The Kier molecular flexibility index (Phi) is 3.92. The molecule has 0 spiro atoms. The SMILES string of the molecule is CC(C)(C)c1ccc(SCc2nnsc2N)cc1. The minimum atomic E-state index is 0.201. The van der Waals surface area contributed by atoms with E-state index in [-0.39, 0.29) is 5.41 Å². The van der Waals surface area contributed by atoms with Crippen molar-refractivity contribution in [2.24, 2.45) is 0 Å². The van der Waals surface area contributed by atoms with Gasteiger partial charge >= 0.3 is 0 Å². The first-order chi connectivity index (χ1) is 8.47. The van der Waals surface area contributed by atoms with Crippen molar-refractivity contribution in [1.82, 2.24) is 9.59 Å². The second kappa shape index (κ2) is 5.28. The van der Waals surface area contributed by atoms with E-state index in [1.165, 1.54) is 22.0 Å². The molecule has 0 aliphatic rings. The maximum absolute atomic E-state index is 5.77. The first kappa shape index (κ1) is 13.4. The molecule has 0 amide bonds. The van der Waals surface area contributed by atoms with Crippen LogP contribution in [0.5, 0.6) is 0 Å². The molecule has 0 radical (unpaired) electrons. The molecule has 0 aliphatic heterocycles. The number of nitrogens with two attached hydrogens (primary N) is 1. The topological polar surface area (TPSA) is 51.8 Å². The van der Waals surface area contributed by atoms with Crippen molar-refractivity contribution in [1.29, 1.82) is 0 Å². The molecule has 0 aliphatic carbocycles. The third-order valence-corrected chi connectivity index (χ3v) is 4.30. The summed E-state index contributed by atoms with van der Waals surface area (Å²) < 4.78 is 3.83. The van der Waals surface area contributed by atoms with Crippen LogP contribution in [0.3, 0.4) is 0 Å². The van der Waals surface area contributed by atoms with Crippen LogP contribution in [0, 0.1) is 0 Å². The number of rotatable bonds is 3. The normalized spacial score (nSPS) is 11.7. The van der Waals surface area contributed by atoms with Gasteiger partial charge in [-0.15, -0.1) is 16.9 Å². The number of hydrogen-bond acceptors (Lipinski definition) is 5. The van der Waals surface area contributed by atoms with Crippen LogP contribution in [-0.2, 0) is 11.2 Å². The molecule has 0 atom stereocenters. The van der Waals surface area contributed by atoms with Crippen LogP contribution in [-0.4, -0.2) is 9.59 Å². The Labute approximate surface area is 116 Å². The summed E-state index contributed by atoms with van der Waals surface area (Å²) in [5, 5.41) is 4.73. The summed E-state index contributed by atoms with van der Waals surface area (Å²) in [6.07, 6.45) is 0. The number of hydrogen-bond donors (Lipinski definition) is 1. The number of aromatic nitrogens is 2. The van der Waals surface area contributed by atoms with Crippen LogP contribution in [0.4, 0.5) is 5.00 Å². The van der Waals surface area contributed by atoms with Gasteiger partial charge in [0.2, 0.25) is 0 Å². The Morgan fingerprint density at radius 1 is 1.22 bits per heavy atom. The summed E-state index contributed by atoms with van der Waals surface area (Å²) in [6, 6.07) is 8.68. The molecule has 0 bridgehead atoms. The lowest BCUT2D eigenvalue weighted by atomic mass is 9.87. The van der Waals surface area contributed by atoms with Crippen molar-refractivity contribution in [2.75, 3.05) is 5.73 Å². The van der Waals surface area contributed by atoms with Crippen molar-refractivity contribution in [3.63, 3.8) is 0 Å². The Hall–Kier alpha value is -1.07. The largest absolute Gasteiger partial charge is 0.388 e. The molecule has 96 valence electrons. The number of nitrogen functional groups attached to an aromatic ring is 1. The lowest BCUT2D eigenvalue weighted by Crippen LogP contribution is -2.10. The number of nitrogens with zero attached hydrogens (tertiary/aromatic N) is 2. The standard InChI is InChI=1S/C13H17N3S2/c1-13(2,3)9-4-6-10(7-5-9)17-8-11-12(14)18-16-15-11/h4-7H,8,14H2,1-3H3. The summed E-state index contributed by atoms with van der Waals surface area (Å²) in [5.74, 6) is 0.775. The van der Waals surface area contributed by atoms with Gasteiger partial charge in [-0.1, -0.05) is 37.4 Å². The molecule has 0 saturated heterocycles. The van der Waals surface area contributed by atoms with Gasteiger partial charge in [0.1, 0.15) is 10.7 Å². The van der Waals surface area contributed by atoms with Crippen LogP contribution in [0.15, 0.2) is 29.2 Å². The van der Waals surface area contributed by atoms with Crippen LogP contribution < -0.4 is 5.73 Å². The fourth-order valence-corrected chi connectivity index (χ4v) is 2.90. The molecule has 2 rings (SSSR count). The number of anilines is 1. The highest BCUT2D eigenvalue weighted by Gasteiger charge is 2.13. The summed E-state index contributed by atoms with van der Waals surface area (Å²) in [6.45, 7) is 6.66. The number of benzene rings is 1. The van der Waals surface area contributed by atoms with Crippen molar-refractivity contribution < 1.29 is 0 Å². The summed E-state index contributed by atoms with van der Waals surface area (Å²) in [5.41, 5.74) is 8.20. The highest BCUT2D eigenvalue weighted by Crippen LogP contribution is 2.28. The van der Waals surface area contributed by atoms with E-state index < -0.39 is 0 Å². The van der Waals surface area contributed by atoms with Crippen molar-refractivity contribution >= 4 is 28.3 Å². The zero-order valence-corrected chi connectivity index (χ0v) is 12.4. The second-order valence-corrected chi connectivity index (χ2v) is 6.98. The van der Waals surface area contributed by atoms with E-state index in [2.05, 4.69) is 54.6 Å². The summed E-state index contributed by atoms with van der Waals surface area (Å²) in [7, 11) is 0. The summed E-state index contributed by atoms with van der Waals surface area (Å²) >= 11 is 2.98. The number of thioether (sulfide) groups is 1. The Bertz CT molecular complexity index is 512. The third-order valence-electron chi connectivity index (χ3n) is 2.68. The molecule has 2 N–H and O–H groups in total. The van der Waals surface area contributed by atoms with Gasteiger partial charge in [-0.2, -0.15) is 0 Å². The first-order valence-electron chi connectivity index (χ1n) is 5.77. The van der Waals surface area contributed by atoms with E-state index in [4.69, 9.17) is 5.73 Å². The second-order valence-electron chi connectivity index (χ2n) is 5.15. The highest BCUT2D eigenvalue weighted by molar-refractivity contribution is 7.98. The van der Waals surface area contributed by atoms with Crippen molar-refractivity contribution in [3.8, 4) is 0 Å². The molecule has 1 heterocycles. The van der Waals surface area contributed by atoms with E-state index in [9.17, 15) is 0 Å². The molecule has 1 aromatic heterocycles. The van der Waals surface area contributed by atoms with E-state index >= 15 is 0 Å². The lowest BCUT2D eigenvalue weighted by Gasteiger charge is -2.18. The van der Waals surface area contributed by atoms with Gasteiger partial charge in [-0.05, 0) is 23.1 Å². The quantitative estimate of drug-likeness (QED) is 0.870. The van der Waals surface area contributed by atoms with Gasteiger partial charge in [0.05, 0.1) is 0 Å². The van der Waals surface area contributed by atoms with Crippen molar-refractivity contribution in [2.45, 2.75) is 36.8 Å². The van der Waals surface area contributed by atoms with Gasteiger partial charge in [0.25, 0.3) is 0 Å². The average molecular weight is 279 g/mol. The Morgan fingerprint density at radius 3 is 2.39 bits per heavy atom. The van der Waals surface area contributed by atoms with E-state index in [1.54, 1.807) is 11.8 Å². The van der Waals surface area contributed by atoms with E-state index in [0.717, 1.165) is 11.4 Å². The average Bonchev–Trinajstić information content (AvgIpc) is 2.72. The van der Waals surface area contributed by atoms with Gasteiger partial charge in [-0.3, -0.25) is 0 Å². The highest BCUT2D eigenvalue weighted by atomic mass is 32.2. The monoisotopic (exact) mass is 279 g/mol. The molecule has 18 heavy (non-hydrogen) atoms. The minimum Gasteiger partial charge on any atom is -0.388 e. The van der Waals surface area contributed by atoms with Crippen LogP contribution in [0.1, 0.15) is 32.0 Å². The van der Waals surface area contributed by atoms with Gasteiger partial charge in [0.15, 0.2) is 0 Å². The molecular weight excluding hydrogens is 262 g/mol. The van der Waals surface area contributed by atoms with E-state index in [0.29, 0.717) is 5.00 Å². The molecule has 2 aromatic rings. The van der Waals surface area contributed by atoms with Gasteiger partial charge in [0, 0.05) is 22.2 Å². The van der Waals surface area contributed by atoms with Crippen LogP contribution in [0.2, 0.25) is 0 Å². The Morgan fingerprint density at radius 2 is 1.89 bits per heavy atom. The molecule has 1 aromatic carbocycles. The Balaban J connectivity index is 2.01. The molecule has 0 unspecified atom stereocenters. The minimum absolute atomic E-state index is 0.201. The lowest BCUT2D eigenvalue weighted by molar-refractivity contribution is 0.590. The fourth-order valence-electron chi connectivity index (χ4n) is 1.52. The van der Waals surface area contributed by atoms with E-state index in [1.807, 2.05) is 0 Å². The fraction of sp³-hybridized carbons (Fsp3) is 0.385. The van der Waals surface area contributed by atoms with Gasteiger partial charge < -0.3 is 5.73 Å². The van der Waals surface area contributed by atoms with Crippen LogP contribution in [0.25, 0.3) is 0 Å². The smallest absolute Gasteiger partial charge is 0.131 e. The molecule has 0 fully saturated rings. The van der Waals surface area contributed by atoms with Crippen LogP contribution >= 0.6 is 23.3 Å². The van der Waals surface area contributed by atoms with Gasteiger partial charge in [-0.25, -0.2) is 0 Å². The molecule has 5 heteroatoms. The maximum atomic E-state index is 5.77. The molecule has 0 saturated carbocycles. The predicted molar refractivity (Wildman–Crippen MR) is 79.0 cm³/mol.